The second-order valence-electron chi connectivity index (χ2n) is 5.70. The number of anilines is 1. The number of carbonyl (C=O) groups excluding carboxylic acids is 1. The average Bonchev–Trinajstić information content (AvgIpc) is 2.65. The zero-order valence-electron chi connectivity index (χ0n) is 14.7. The van der Waals surface area contributed by atoms with Crippen molar-refractivity contribution in [1.82, 2.24) is 0 Å². The van der Waals surface area contributed by atoms with Gasteiger partial charge in [-0.15, -0.1) is 0 Å². The summed E-state index contributed by atoms with van der Waals surface area (Å²) in [6, 6.07) is 9.19. The third-order valence-corrected chi connectivity index (χ3v) is 4.40. The molecule has 0 unspecified atom stereocenters. The molecule has 0 radical (unpaired) electrons. The van der Waals surface area contributed by atoms with Crippen LogP contribution in [0.5, 0.6) is 23.0 Å². The van der Waals surface area contributed by atoms with Gasteiger partial charge in [-0.25, -0.2) is 0 Å². The fourth-order valence-electron chi connectivity index (χ4n) is 3.22. The fourth-order valence-corrected chi connectivity index (χ4v) is 3.22. The summed E-state index contributed by atoms with van der Waals surface area (Å²) in [6.45, 7) is 0. The lowest BCUT2D eigenvalue weighted by Crippen LogP contribution is -2.24. The molecule has 1 atom stereocenters. The monoisotopic (exact) mass is 343 g/mol. The van der Waals surface area contributed by atoms with Gasteiger partial charge >= 0.3 is 0 Å². The van der Waals surface area contributed by atoms with E-state index in [1.54, 1.807) is 34.5 Å². The SMILES string of the molecule is COc1cc2c(c(OC)c1)[C@@H](c1cc(OC)ccc1OC)CC(=O)N2. The van der Waals surface area contributed by atoms with Crippen LogP contribution in [0.2, 0.25) is 0 Å². The Balaban J connectivity index is 2.21. The predicted molar refractivity (Wildman–Crippen MR) is 94.2 cm³/mol. The summed E-state index contributed by atoms with van der Waals surface area (Å²) in [7, 11) is 6.40. The smallest absolute Gasteiger partial charge is 0.225 e. The van der Waals surface area contributed by atoms with E-state index in [2.05, 4.69) is 5.32 Å². The molecule has 0 bridgehead atoms. The summed E-state index contributed by atoms with van der Waals surface area (Å²) in [5.74, 6) is 2.39. The Morgan fingerprint density at radius 2 is 1.60 bits per heavy atom. The van der Waals surface area contributed by atoms with Crippen LogP contribution in [0.15, 0.2) is 30.3 Å². The van der Waals surface area contributed by atoms with Gasteiger partial charge in [0, 0.05) is 35.6 Å². The number of nitrogens with one attached hydrogen (secondary N) is 1. The number of ether oxygens (including phenoxy) is 4. The van der Waals surface area contributed by atoms with Crippen molar-refractivity contribution in [2.75, 3.05) is 33.8 Å². The van der Waals surface area contributed by atoms with E-state index in [-0.39, 0.29) is 11.8 Å². The molecule has 6 heteroatoms. The van der Waals surface area contributed by atoms with Gasteiger partial charge in [-0.2, -0.15) is 0 Å². The lowest BCUT2D eigenvalue weighted by molar-refractivity contribution is -0.116. The molecule has 0 spiro atoms. The van der Waals surface area contributed by atoms with Crippen molar-refractivity contribution in [3.05, 3.63) is 41.5 Å². The number of fused-ring (bicyclic) bond motifs is 1. The third-order valence-electron chi connectivity index (χ3n) is 4.40. The topological polar surface area (TPSA) is 66.0 Å². The zero-order chi connectivity index (χ0) is 18.0. The molecule has 0 saturated heterocycles. The van der Waals surface area contributed by atoms with Crippen molar-refractivity contribution in [3.63, 3.8) is 0 Å². The Hall–Kier alpha value is -2.89. The van der Waals surface area contributed by atoms with Crippen LogP contribution in [0, 0.1) is 0 Å². The Morgan fingerprint density at radius 1 is 0.880 bits per heavy atom. The van der Waals surface area contributed by atoms with Crippen LogP contribution in [0.3, 0.4) is 0 Å². The number of amides is 1. The van der Waals surface area contributed by atoms with Crippen LogP contribution in [0.1, 0.15) is 23.5 Å². The number of benzene rings is 2. The van der Waals surface area contributed by atoms with Gasteiger partial charge in [-0.1, -0.05) is 0 Å². The van der Waals surface area contributed by atoms with Gasteiger partial charge in [0.05, 0.1) is 34.1 Å². The molecule has 1 N–H and O–H groups in total. The lowest BCUT2D eigenvalue weighted by atomic mass is 9.83. The van der Waals surface area contributed by atoms with Crippen LogP contribution in [0.25, 0.3) is 0 Å². The highest BCUT2D eigenvalue weighted by Crippen LogP contribution is 2.47. The molecule has 0 saturated carbocycles. The van der Waals surface area contributed by atoms with E-state index in [4.69, 9.17) is 18.9 Å². The van der Waals surface area contributed by atoms with Gasteiger partial charge in [0.15, 0.2) is 0 Å². The van der Waals surface area contributed by atoms with Crippen molar-refractivity contribution in [2.45, 2.75) is 12.3 Å². The van der Waals surface area contributed by atoms with Crippen LogP contribution in [-0.4, -0.2) is 34.3 Å². The maximum absolute atomic E-state index is 12.3. The van der Waals surface area contributed by atoms with E-state index in [1.165, 1.54) is 0 Å². The van der Waals surface area contributed by atoms with Crippen LogP contribution >= 0.6 is 0 Å². The van der Waals surface area contributed by atoms with Gasteiger partial charge in [0.25, 0.3) is 0 Å². The minimum Gasteiger partial charge on any atom is -0.497 e. The average molecular weight is 343 g/mol. The van der Waals surface area contributed by atoms with E-state index < -0.39 is 0 Å². The summed E-state index contributed by atoms with van der Waals surface area (Å²) < 4.78 is 21.7. The number of rotatable bonds is 5. The molecule has 132 valence electrons. The predicted octanol–water partition coefficient (Wildman–Crippen LogP) is 3.20. The van der Waals surface area contributed by atoms with Crippen molar-refractivity contribution < 1.29 is 23.7 Å². The second kappa shape index (κ2) is 6.93. The van der Waals surface area contributed by atoms with E-state index >= 15 is 0 Å². The van der Waals surface area contributed by atoms with Gasteiger partial charge in [0.1, 0.15) is 23.0 Å². The van der Waals surface area contributed by atoms with E-state index in [1.807, 2.05) is 24.3 Å². The number of methoxy groups -OCH3 is 4. The number of hydrogen-bond acceptors (Lipinski definition) is 5. The van der Waals surface area contributed by atoms with Crippen LogP contribution < -0.4 is 24.3 Å². The zero-order valence-corrected chi connectivity index (χ0v) is 14.7. The Labute approximate surface area is 146 Å². The molecular weight excluding hydrogens is 322 g/mol. The molecule has 2 aromatic carbocycles. The molecule has 1 heterocycles. The van der Waals surface area contributed by atoms with E-state index in [0.29, 0.717) is 35.1 Å². The standard InChI is InChI=1S/C19H21NO5/c1-22-11-5-6-16(24-3)13(7-11)14-10-18(21)20-15-8-12(23-2)9-17(25-4)19(14)15/h5-9,14H,10H2,1-4H3,(H,20,21)/t14-/m1/s1. The summed E-state index contributed by atoms with van der Waals surface area (Å²) in [5.41, 5.74) is 2.46. The van der Waals surface area contributed by atoms with Crippen molar-refractivity contribution in [1.29, 1.82) is 0 Å². The molecule has 6 nitrogen and oxygen atoms in total. The highest BCUT2D eigenvalue weighted by Gasteiger charge is 2.32. The molecule has 1 amide bonds. The summed E-state index contributed by atoms with van der Waals surface area (Å²) in [5, 5.41) is 2.90. The van der Waals surface area contributed by atoms with E-state index in [0.717, 1.165) is 11.1 Å². The maximum Gasteiger partial charge on any atom is 0.225 e. The quantitative estimate of drug-likeness (QED) is 0.903. The molecule has 25 heavy (non-hydrogen) atoms. The van der Waals surface area contributed by atoms with E-state index in [9.17, 15) is 4.79 Å². The first-order valence-electron chi connectivity index (χ1n) is 7.89. The van der Waals surface area contributed by atoms with Crippen molar-refractivity contribution in [3.8, 4) is 23.0 Å². The van der Waals surface area contributed by atoms with Crippen molar-refractivity contribution >= 4 is 11.6 Å². The van der Waals surface area contributed by atoms with Gasteiger partial charge < -0.3 is 24.3 Å². The molecule has 0 aliphatic carbocycles. The number of carbonyl (C=O) groups is 1. The maximum atomic E-state index is 12.3. The van der Waals surface area contributed by atoms with Gasteiger partial charge in [0.2, 0.25) is 5.91 Å². The number of hydrogen-bond donors (Lipinski definition) is 1. The fraction of sp³-hybridized carbons (Fsp3) is 0.316. The molecule has 3 rings (SSSR count). The first-order valence-corrected chi connectivity index (χ1v) is 7.89. The molecular formula is C19H21NO5. The van der Waals surface area contributed by atoms with Crippen molar-refractivity contribution in [2.24, 2.45) is 0 Å². The first-order chi connectivity index (χ1) is 12.1. The second-order valence-corrected chi connectivity index (χ2v) is 5.70. The Bertz CT molecular complexity index is 803. The summed E-state index contributed by atoms with van der Waals surface area (Å²) >= 11 is 0. The third kappa shape index (κ3) is 3.07. The first kappa shape index (κ1) is 17.0. The highest BCUT2D eigenvalue weighted by molar-refractivity contribution is 5.96. The highest BCUT2D eigenvalue weighted by atomic mass is 16.5. The van der Waals surface area contributed by atoms with Gasteiger partial charge in [-0.05, 0) is 18.2 Å². The lowest BCUT2D eigenvalue weighted by Gasteiger charge is -2.29. The minimum atomic E-state index is -0.213. The molecule has 0 aromatic heterocycles. The summed E-state index contributed by atoms with van der Waals surface area (Å²) in [4.78, 5) is 12.3. The van der Waals surface area contributed by atoms with Crippen LogP contribution in [0.4, 0.5) is 5.69 Å². The largest absolute Gasteiger partial charge is 0.497 e. The summed E-state index contributed by atoms with van der Waals surface area (Å²) in [6.07, 6.45) is 0.291. The molecule has 1 aliphatic rings. The molecule has 2 aromatic rings. The van der Waals surface area contributed by atoms with Crippen LogP contribution in [-0.2, 0) is 4.79 Å². The molecule has 0 fully saturated rings. The minimum absolute atomic E-state index is 0.0716. The molecule has 1 aliphatic heterocycles. The van der Waals surface area contributed by atoms with Gasteiger partial charge in [-0.3, -0.25) is 4.79 Å². The Morgan fingerprint density at radius 3 is 2.24 bits per heavy atom. The normalized spacial score (nSPS) is 15.8. The Kier molecular flexibility index (Phi) is 4.70.